The van der Waals surface area contributed by atoms with Gasteiger partial charge in [-0.1, -0.05) is 97.1 Å². The van der Waals surface area contributed by atoms with E-state index in [4.69, 9.17) is 39.8 Å². The molecule has 180 valence electrons. The Morgan fingerprint density at radius 2 is 0.857 bits per heavy atom. The van der Waals surface area contributed by atoms with Crippen LogP contribution in [0.2, 0.25) is 0 Å². The molecule has 4 aromatic rings. The Hall–Kier alpha value is -3.11. The van der Waals surface area contributed by atoms with Crippen molar-refractivity contribution >= 4 is 43.6 Å². The third-order valence-electron chi connectivity index (χ3n) is 5.17. The molecule has 0 aliphatic carbocycles. The fourth-order valence-corrected chi connectivity index (χ4v) is 3.65. The number of rotatable bonds is 4. The van der Waals surface area contributed by atoms with Crippen LogP contribution >= 0.6 is 20.4 Å². The van der Waals surface area contributed by atoms with E-state index >= 15 is 0 Å². The van der Waals surface area contributed by atoms with Crippen LogP contribution < -0.4 is 0 Å². The molecule has 0 amide bonds. The van der Waals surface area contributed by atoms with E-state index < -0.39 is 0 Å². The zero-order valence-electron chi connectivity index (χ0n) is 18.6. The smallest absolute Gasteiger partial charge is 0.278 e. The summed E-state index contributed by atoms with van der Waals surface area (Å²) in [4.78, 5) is 9.63. The summed E-state index contributed by atoms with van der Waals surface area (Å²) >= 11 is 0.569. The van der Waals surface area contributed by atoms with Gasteiger partial charge < -0.3 is 9.47 Å². The molecule has 1 fully saturated rings. The first-order chi connectivity index (χ1) is 17.3. The van der Waals surface area contributed by atoms with E-state index in [9.17, 15) is 0 Å². The molecule has 7 heteroatoms. The van der Waals surface area contributed by atoms with Crippen molar-refractivity contribution in [3.8, 4) is 22.3 Å². The van der Waals surface area contributed by atoms with Crippen LogP contribution in [0.4, 0.5) is 11.4 Å². The second-order valence-corrected chi connectivity index (χ2v) is 8.97. The summed E-state index contributed by atoms with van der Waals surface area (Å²) in [6, 6.07) is 36.4. The molecule has 0 N–H and O–H groups in total. The molecule has 0 aromatic heterocycles. The summed E-state index contributed by atoms with van der Waals surface area (Å²) in [6.07, 6.45) is 0. The van der Waals surface area contributed by atoms with Gasteiger partial charge in [0.15, 0.2) is 0 Å². The zero-order valence-corrected chi connectivity index (χ0v) is 21.1. The average molecular weight is 548 g/mol. The van der Waals surface area contributed by atoms with E-state index in [0.717, 1.165) is 33.6 Å². The van der Waals surface area contributed by atoms with Gasteiger partial charge in [-0.25, -0.2) is 9.98 Å². The fraction of sp³-hybridized carbons (Fsp3) is 0.0714. The maximum atomic E-state index is 5.90. The molecule has 1 aliphatic heterocycles. The Labute approximate surface area is 219 Å². The Morgan fingerprint density at radius 3 is 1.26 bits per heavy atom. The van der Waals surface area contributed by atoms with Gasteiger partial charge in [-0.2, -0.15) is 0 Å². The number of benzene rings is 4. The number of halogens is 2. The van der Waals surface area contributed by atoms with Crippen molar-refractivity contribution < 1.29 is 22.1 Å². The molecule has 1 heterocycles. The standard InChI is InChI=1S/C28H22N2O2.2ClH.Ni/c1-3-11-21(12-4-1)23-15-7-9-17-25(23)29-27-28(32-20-19-31-27)30-26-18-10-8-16-24(26)22-13-5-2-6-14-22;;;/h1-18H,19-20H2;2*1H;/q;;;+2/p-2. The molecule has 0 saturated carbocycles. The Kier molecular flexibility index (Phi) is 9.36. The largest absolute Gasteiger partial charge is 0.470 e. The van der Waals surface area contributed by atoms with E-state index in [2.05, 4.69) is 36.4 Å². The Morgan fingerprint density at radius 1 is 0.514 bits per heavy atom. The quantitative estimate of drug-likeness (QED) is 0.242. The number of ether oxygens (including phenoxy) is 2. The molecule has 4 aromatic carbocycles. The van der Waals surface area contributed by atoms with Crippen LogP contribution in [0.15, 0.2) is 119 Å². The van der Waals surface area contributed by atoms with Crippen LogP contribution in [0.3, 0.4) is 0 Å². The van der Waals surface area contributed by atoms with Gasteiger partial charge in [0.05, 0.1) is 11.4 Å². The molecule has 0 atom stereocenters. The van der Waals surface area contributed by atoms with Crippen molar-refractivity contribution in [2.75, 3.05) is 13.2 Å². The van der Waals surface area contributed by atoms with Crippen LogP contribution in [-0.4, -0.2) is 25.0 Å². The van der Waals surface area contributed by atoms with Crippen molar-refractivity contribution in [2.45, 2.75) is 0 Å². The SMILES string of the molecule is [Cl][Ni][Cl].c1ccc(-c2ccccc2N=C2OCCOC2=Nc2ccccc2-c2ccccc2)cc1. The number of aliphatic imine (C=N–C) groups is 2. The number of hydrogen-bond acceptors (Lipinski definition) is 4. The first kappa shape index (κ1) is 25.0. The number of para-hydroxylation sites is 2. The predicted molar refractivity (Wildman–Crippen MR) is 142 cm³/mol. The minimum absolute atomic E-state index is 0.391. The van der Waals surface area contributed by atoms with Gasteiger partial charge in [0.25, 0.3) is 11.8 Å². The summed E-state index contributed by atoms with van der Waals surface area (Å²) in [7, 11) is 9.40. The molecule has 4 nitrogen and oxygen atoms in total. The van der Waals surface area contributed by atoms with Gasteiger partial charge in [-0.05, 0) is 23.3 Å². The third kappa shape index (κ3) is 6.73. The van der Waals surface area contributed by atoms with Crippen LogP contribution in [0.1, 0.15) is 0 Å². The van der Waals surface area contributed by atoms with Crippen molar-refractivity contribution in [3.05, 3.63) is 109 Å². The third-order valence-corrected chi connectivity index (χ3v) is 5.17. The van der Waals surface area contributed by atoms with Gasteiger partial charge in [0, 0.05) is 11.1 Å². The summed E-state index contributed by atoms with van der Waals surface area (Å²) in [5, 5.41) is 0. The van der Waals surface area contributed by atoms with E-state index in [-0.39, 0.29) is 0 Å². The van der Waals surface area contributed by atoms with Crippen LogP contribution in [0.25, 0.3) is 22.3 Å². The minimum Gasteiger partial charge on any atom is -0.470 e. The van der Waals surface area contributed by atoms with Gasteiger partial charge >= 0.3 is 33.0 Å². The van der Waals surface area contributed by atoms with E-state index in [0.29, 0.717) is 37.7 Å². The van der Waals surface area contributed by atoms with Gasteiger partial charge in [0.1, 0.15) is 13.2 Å². The second-order valence-electron chi connectivity index (χ2n) is 7.34. The molecule has 0 unspecified atom stereocenters. The fourth-order valence-electron chi connectivity index (χ4n) is 3.65. The average Bonchev–Trinajstić information content (AvgIpc) is 2.92. The first-order valence-electron chi connectivity index (χ1n) is 10.8. The van der Waals surface area contributed by atoms with Crippen molar-refractivity contribution in [3.63, 3.8) is 0 Å². The molecular weight excluding hydrogens is 526 g/mol. The molecule has 1 aliphatic rings. The second kappa shape index (κ2) is 13.1. The van der Waals surface area contributed by atoms with E-state index in [1.54, 1.807) is 0 Å². The first-order valence-corrected chi connectivity index (χ1v) is 13.6. The Balaban J connectivity index is 0.000000917. The predicted octanol–water partition coefficient (Wildman–Crippen LogP) is 8.20. The Bertz CT molecular complexity index is 1200. The molecular formula is C28H22Cl2N2NiO2. The van der Waals surface area contributed by atoms with Crippen molar-refractivity contribution in [1.82, 2.24) is 0 Å². The van der Waals surface area contributed by atoms with Crippen LogP contribution in [-0.2, 0) is 22.1 Å². The topological polar surface area (TPSA) is 43.2 Å². The van der Waals surface area contributed by atoms with Crippen molar-refractivity contribution in [1.29, 1.82) is 0 Å². The van der Waals surface area contributed by atoms with Gasteiger partial charge in [-0.15, -0.1) is 0 Å². The monoisotopic (exact) mass is 546 g/mol. The van der Waals surface area contributed by atoms with E-state index in [1.165, 1.54) is 0 Å². The normalized spacial score (nSPS) is 15.1. The van der Waals surface area contributed by atoms with Crippen LogP contribution in [0, 0.1) is 0 Å². The zero-order chi connectivity index (χ0) is 24.3. The minimum atomic E-state index is 0.391. The maximum Gasteiger partial charge on any atom is 0.278 e. The molecule has 0 spiro atoms. The van der Waals surface area contributed by atoms with Gasteiger partial charge in [-0.3, -0.25) is 0 Å². The maximum absolute atomic E-state index is 5.90. The molecule has 5 rings (SSSR count). The molecule has 1 saturated heterocycles. The summed E-state index contributed by atoms with van der Waals surface area (Å²) in [5.41, 5.74) is 5.86. The number of nitrogens with zero attached hydrogens (tertiary/aromatic N) is 2. The molecule has 35 heavy (non-hydrogen) atoms. The van der Waals surface area contributed by atoms with E-state index in [1.807, 2.05) is 72.8 Å². The molecule has 0 bridgehead atoms. The van der Waals surface area contributed by atoms with Crippen LogP contribution in [0.5, 0.6) is 0 Å². The molecule has 0 radical (unpaired) electrons. The van der Waals surface area contributed by atoms with Gasteiger partial charge in [0.2, 0.25) is 0 Å². The summed E-state index contributed by atoms with van der Waals surface area (Å²) < 4.78 is 11.8. The van der Waals surface area contributed by atoms with Crippen molar-refractivity contribution in [2.24, 2.45) is 9.98 Å². The summed E-state index contributed by atoms with van der Waals surface area (Å²) in [6.45, 7) is 0.872. The summed E-state index contributed by atoms with van der Waals surface area (Å²) in [5.74, 6) is 0.782. The number of hydrogen-bond donors (Lipinski definition) is 0.